The fourth-order valence-corrected chi connectivity index (χ4v) is 3.65. The quantitative estimate of drug-likeness (QED) is 0.404. The monoisotopic (exact) mass is 444 g/mol. The first kappa shape index (κ1) is 22.3. The molecule has 4 aromatic rings. The van der Waals surface area contributed by atoms with E-state index in [1.807, 2.05) is 44.2 Å². The van der Waals surface area contributed by atoms with E-state index in [1.54, 1.807) is 31.3 Å². The number of benzene rings is 3. The Bertz CT molecular complexity index is 1310. The van der Waals surface area contributed by atoms with E-state index in [1.165, 1.54) is 12.1 Å². The van der Waals surface area contributed by atoms with Gasteiger partial charge in [-0.2, -0.15) is 0 Å². The summed E-state index contributed by atoms with van der Waals surface area (Å²) in [7, 11) is 1.56. The van der Waals surface area contributed by atoms with Gasteiger partial charge in [-0.05, 0) is 65.6 Å². The maximum Gasteiger partial charge on any atom is 0.255 e. The molecule has 3 aromatic carbocycles. The van der Waals surface area contributed by atoms with E-state index < -0.39 is 0 Å². The SMILES string of the molecule is CNC(=O)c1c(-c2ccc(F)cc2)oc2ccc(-c3ccc(C(=O)NCC(C)C)cc3)cc12. The number of amides is 2. The maximum absolute atomic E-state index is 13.4. The van der Waals surface area contributed by atoms with E-state index in [2.05, 4.69) is 10.6 Å². The van der Waals surface area contributed by atoms with Gasteiger partial charge >= 0.3 is 0 Å². The zero-order chi connectivity index (χ0) is 23.5. The maximum atomic E-state index is 13.4. The largest absolute Gasteiger partial charge is 0.455 e. The van der Waals surface area contributed by atoms with Crippen molar-refractivity contribution < 1.29 is 18.4 Å². The Morgan fingerprint density at radius 1 is 0.879 bits per heavy atom. The summed E-state index contributed by atoms with van der Waals surface area (Å²) in [5.41, 5.74) is 3.95. The summed E-state index contributed by atoms with van der Waals surface area (Å²) < 4.78 is 19.4. The van der Waals surface area contributed by atoms with Crippen molar-refractivity contribution in [1.29, 1.82) is 0 Å². The first-order chi connectivity index (χ1) is 15.9. The zero-order valence-electron chi connectivity index (χ0n) is 18.7. The molecule has 6 heteroatoms. The van der Waals surface area contributed by atoms with Crippen LogP contribution in [0.1, 0.15) is 34.6 Å². The topological polar surface area (TPSA) is 71.3 Å². The van der Waals surface area contributed by atoms with Gasteiger partial charge in [-0.25, -0.2) is 4.39 Å². The molecule has 0 aliphatic carbocycles. The third-order valence-corrected chi connectivity index (χ3v) is 5.40. The predicted molar refractivity (Wildman–Crippen MR) is 128 cm³/mol. The third kappa shape index (κ3) is 4.65. The molecule has 2 amide bonds. The molecule has 0 aliphatic rings. The van der Waals surface area contributed by atoms with Crippen LogP contribution in [0.4, 0.5) is 4.39 Å². The van der Waals surface area contributed by atoms with Gasteiger partial charge in [0, 0.05) is 30.1 Å². The van der Waals surface area contributed by atoms with Crippen molar-refractivity contribution >= 4 is 22.8 Å². The smallest absolute Gasteiger partial charge is 0.255 e. The van der Waals surface area contributed by atoms with Crippen LogP contribution in [0.25, 0.3) is 33.4 Å². The van der Waals surface area contributed by atoms with Gasteiger partial charge in [0.05, 0.1) is 5.56 Å². The lowest BCUT2D eigenvalue weighted by Crippen LogP contribution is -2.27. The highest BCUT2D eigenvalue weighted by atomic mass is 19.1. The highest BCUT2D eigenvalue weighted by Crippen LogP contribution is 2.36. The van der Waals surface area contributed by atoms with Crippen LogP contribution in [0, 0.1) is 11.7 Å². The molecule has 4 rings (SSSR count). The summed E-state index contributed by atoms with van der Waals surface area (Å²) in [6.07, 6.45) is 0. The Morgan fingerprint density at radius 3 is 2.15 bits per heavy atom. The fourth-order valence-electron chi connectivity index (χ4n) is 3.65. The number of carbonyl (C=O) groups is 2. The molecular formula is C27H25FN2O3. The minimum Gasteiger partial charge on any atom is -0.455 e. The van der Waals surface area contributed by atoms with Crippen molar-refractivity contribution in [2.45, 2.75) is 13.8 Å². The van der Waals surface area contributed by atoms with Gasteiger partial charge in [-0.3, -0.25) is 9.59 Å². The Morgan fingerprint density at radius 2 is 1.52 bits per heavy atom. The molecule has 0 bridgehead atoms. The molecule has 1 aromatic heterocycles. The van der Waals surface area contributed by atoms with Gasteiger partial charge in [0.25, 0.3) is 11.8 Å². The molecule has 0 aliphatic heterocycles. The highest BCUT2D eigenvalue weighted by Gasteiger charge is 2.22. The molecule has 1 heterocycles. The number of halogens is 1. The molecule has 0 unspecified atom stereocenters. The molecule has 0 fully saturated rings. The van der Waals surface area contributed by atoms with E-state index in [9.17, 15) is 14.0 Å². The van der Waals surface area contributed by atoms with E-state index in [4.69, 9.17) is 4.42 Å². The molecule has 0 saturated heterocycles. The number of nitrogens with one attached hydrogen (secondary N) is 2. The lowest BCUT2D eigenvalue weighted by atomic mass is 9.99. The van der Waals surface area contributed by atoms with E-state index in [0.29, 0.717) is 45.9 Å². The lowest BCUT2D eigenvalue weighted by Gasteiger charge is -2.08. The summed E-state index contributed by atoms with van der Waals surface area (Å²) in [4.78, 5) is 25.0. The van der Waals surface area contributed by atoms with Gasteiger partial charge in [0.2, 0.25) is 0 Å². The molecule has 168 valence electrons. The van der Waals surface area contributed by atoms with Crippen molar-refractivity contribution in [2.24, 2.45) is 5.92 Å². The van der Waals surface area contributed by atoms with Crippen LogP contribution in [0.3, 0.4) is 0 Å². The average Bonchev–Trinajstić information content (AvgIpc) is 3.21. The number of hydrogen-bond acceptors (Lipinski definition) is 3. The fraction of sp³-hybridized carbons (Fsp3) is 0.185. The van der Waals surface area contributed by atoms with Crippen molar-refractivity contribution in [3.63, 3.8) is 0 Å². The van der Waals surface area contributed by atoms with Crippen LogP contribution < -0.4 is 10.6 Å². The highest BCUT2D eigenvalue weighted by molar-refractivity contribution is 6.11. The summed E-state index contributed by atoms with van der Waals surface area (Å²) in [6, 6.07) is 18.8. The molecule has 33 heavy (non-hydrogen) atoms. The molecule has 0 spiro atoms. The van der Waals surface area contributed by atoms with Crippen LogP contribution in [0.15, 0.2) is 71.1 Å². The molecule has 5 nitrogen and oxygen atoms in total. The second-order valence-electron chi connectivity index (χ2n) is 8.28. The van der Waals surface area contributed by atoms with Crippen LogP contribution in [0.5, 0.6) is 0 Å². The Labute approximate surface area is 191 Å². The summed E-state index contributed by atoms with van der Waals surface area (Å²) >= 11 is 0. The van der Waals surface area contributed by atoms with Gasteiger partial charge in [0.1, 0.15) is 17.2 Å². The lowest BCUT2D eigenvalue weighted by molar-refractivity contribution is 0.0945. The van der Waals surface area contributed by atoms with Crippen molar-refractivity contribution in [1.82, 2.24) is 10.6 Å². The van der Waals surface area contributed by atoms with E-state index in [-0.39, 0.29) is 17.6 Å². The van der Waals surface area contributed by atoms with Gasteiger partial charge in [-0.15, -0.1) is 0 Å². The van der Waals surface area contributed by atoms with Gasteiger partial charge < -0.3 is 15.1 Å². The number of fused-ring (bicyclic) bond motifs is 1. The van der Waals surface area contributed by atoms with Crippen LogP contribution in [-0.4, -0.2) is 25.4 Å². The minimum absolute atomic E-state index is 0.105. The van der Waals surface area contributed by atoms with Gasteiger partial charge in [-0.1, -0.05) is 32.0 Å². The van der Waals surface area contributed by atoms with Crippen molar-refractivity contribution in [3.05, 3.63) is 83.7 Å². The molecule has 2 N–H and O–H groups in total. The van der Waals surface area contributed by atoms with E-state index in [0.717, 1.165) is 11.1 Å². The minimum atomic E-state index is -0.361. The second-order valence-corrected chi connectivity index (χ2v) is 8.28. The summed E-state index contributed by atoms with van der Waals surface area (Å²) in [6.45, 7) is 4.71. The third-order valence-electron chi connectivity index (χ3n) is 5.40. The van der Waals surface area contributed by atoms with Crippen LogP contribution in [-0.2, 0) is 0 Å². The van der Waals surface area contributed by atoms with Crippen LogP contribution in [0.2, 0.25) is 0 Å². The van der Waals surface area contributed by atoms with Crippen molar-refractivity contribution in [3.8, 4) is 22.5 Å². The molecule has 0 saturated carbocycles. The average molecular weight is 445 g/mol. The Balaban J connectivity index is 1.72. The van der Waals surface area contributed by atoms with Crippen molar-refractivity contribution in [2.75, 3.05) is 13.6 Å². The van der Waals surface area contributed by atoms with Crippen LogP contribution >= 0.6 is 0 Å². The van der Waals surface area contributed by atoms with E-state index >= 15 is 0 Å². The molecular weight excluding hydrogens is 419 g/mol. The predicted octanol–water partition coefficient (Wildman–Crippen LogP) is 5.65. The standard InChI is InChI=1S/C27H25FN2O3/c1-16(2)15-30-26(31)19-6-4-17(5-7-19)20-10-13-23-22(14-20)24(27(32)29-3)25(33-23)18-8-11-21(28)12-9-18/h4-14,16H,15H2,1-3H3,(H,29,32)(H,30,31). The number of carbonyl (C=O) groups excluding carboxylic acids is 2. The molecule has 0 atom stereocenters. The summed E-state index contributed by atoms with van der Waals surface area (Å²) in [5.74, 6) is 0.0108. The normalized spacial score (nSPS) is 11.1. The summed E-state index contributed by atoms with van der Waals surface area (Å²) in [5, 5.41) is 6.23. The zero-order valence-corrected chi connectivity index (χ0v) is 18.7. The first-order valence-electron chi connectivity index (χ1n) is 10.8. The Kier molecular flexibility index (Phi) is 6.27. The number of hydrogen-bond donors (Lipinski definition) is 2. The number of furan rings is 1. The Hall–Kier alpha value is -3.93. The number of rotatable bonds is 6. The second kappa shape index (κ2) is 9.28. The first-order valence-corrected chi connectivity index (χ1v) is 10.8. The molecule has 0 radical (unpaired) electrons. The van der Waals surface area contributed by atoms with Gasteiger partial charge in [0.15, 0.2) is 0 Å².